The van der Waals surface area contributed by atoms with Gasteiger partial charge in [-0.3, -0.25) is 0 Å². The predicted octanol–water partition coefficient (Wildman–Crippen LogP) is 3.84. The zero-order valence-corrected chi connectivity index (χ0v) is 11.2. The monoisotopic (exact) mass is 273 g/mol. The maximum Gasteiger partial charge on any atom is 0.130 e. The highest BCUT2D eigenvalue weighted by Gasteiger charge is 2.19. The fraction of sp³-hybridized carbons (Fsp3) is 0.294. The Balaban J connectivity index is 1.93. The number of nitrogens with one attached hydrogen (secondary N) is 1. The van der Waals surface area contributed by atoms with Gasteiger partial charge in [0.1, 0.15) is 11.6 Å². The second-order valence-corrected chi connectivity index (χ2v) is 5.24. The average molecular weight is 273 g/mol. The zero-order chi connectivity index (χ0) is 13.9. The van der Waals surface area contributed by atoms with Crippen molar-refractivity contribution in [2.45, 2.75) is 12.8 Å². The van der Waals surface area contributed by atoms with E-state index in [2.05, 4.69) is 29.6 Å². The molecule has 1 aliphatic heterocycles. The average Bonchev–Trinajstić information content (AvgIpc) is 2.51. The lowest BCUT2D eigenvalue weighted by molar-refractivity contribution is 0.590. The molecule has 0 saturated heterocycles. The van der Waals surface area contributed by atoms with Gasteiger partial charge in [-0.1, -0.05) is 24.3 Å². The van der Waals surface area contributed by atoms with E-state index in [1.165, 1.54) is 17.7 Å². The van der Waals surface area contributed by atoms with Gasteiger partial charge in [0, 0.05) is 24.6 Å². The Morgan fingerprint density at radius 1 is 1.15 bits per heavy atom. The van der Waals surface area contributed by atoms with E-state index in [4.69, 9.17) is 0 Å². The van der Waals surface area contributed by atoms with E-state index in [1.54, 1.807) is 0 Å². The molecule has 0 saturated carbocycles. The summed E-state index contributed by atoms with van der Waals surface area (Å²) < 4.78 is 27.2. The molecule has 1 unspecified atom stereocenters. The minimum atomic E-state index is -0.402. The molecule has 1 atom stereocenters. The predicted molar refractivity (Wildman–Crippen MR) is 77.2 cm³/mol. The molecule has 0 spiro atoms. The van der Waals surface area contributed by atoms with Gasteiger partial charge in [0.15, 0.2) is 0 Å². The van der Waals surface area contributed by atoms with Crippen LogP contribution < -0.4 is 5.32 Å². The van der Waals surface area contributed by atoms with Crippen LogP contribution in [0.15, 0.2) is 48.1 Å². The summed E-state index contributed by atoms with van der Waals surface area (Å²) in [5, 5.41) is 3.30. The maximum atomic E-state index is 13.9. The maximum absolute atomic E-state index is 13.9. The Kier molecular flexibility index (Phi) is 3.79. The Labute approximate surface area is 117 Å². The van der Waals surface area contributed by atoms with Crippen LogP contribution in [-0.4, -0.2) is 13.1 Å². The van der Waals surface area contributed by atoms with Gasteiger partial charge < -0.3 is 5.32 Å². The molecule has 0 amide bonds. The third-order valence-corrected chi connectivity index (χ3v) is 3.81. The minimum absolute atomic E-state index is 0.234. The van der Waals surface area contributed by atoms with E-state index < -0.39 is 5.82 Å². The summed E-state index contributed by atoms with van der Waals surface area (Å²) in [5.74, 6) is -0.535. The molecule has 0 radical (unpaired) electrons. The van der Waals surface area contributed by atoms with Crippen molar-refractivity contribution in [2.24, 2.45) is 5.92 Å². The van der Waals surface area contributed by atoms with Crippen molar-refractivity contribution in [3.8, 4) is 0 Å². The molecule has 2 aliphatic rings. The van der Waals surface area contributed by atoms with Gasteiger partial charge in [0.05, 0.1) is 0 Å². The molecule has 1 aromatic carbocycles. The normalized spacial score (nSPS) is 22.4. The lowest BCUT2D eigenvalue weighted by atomic mass is 9.88. The molecule has 1 heterocycles. The first kappa shape index (κ1) is 13.3. The van der Waals surface area contributed by atoms with Gasteiger partial charge in [-0.15, -0.1) is 0 Å². The zero-order valence-electron chi connectivity index (χ0n) is 11.2. The topological polar surface area (TPSA) is 12.0 Å². The minimum Gasteiger partial charge on any atom is -0.312 e. The van der Waals surface area contributed by atoms with E-state index in [0.717, 1.165) is 31.0 Å². The number of allylic oxidation sites excluding steroid dienone is 3. The van der Waals surface area contributed by atoms with E-state index >= 15 is 0 Å². The van der Waals surface area contributed by atoms with E-state index in [1.807, 2.05) is 0 Å². The lowest BCUT2D eigenvalue weighted by Crippen LogP contribution is -2.29. The number of hydrogen-bond donors (Lipinski definition) is 1. The summed E-state index contributed by atoms with van der Waals surface area (Å²) in [7, 11) is 0. The number of benzene rings is 1. The quantitative estimate of drug-likeness (QED) is 0.863. The Hall–Kier alpha value is -1.74. The highest BCUT2D eigenvalue weighted by Crippen LogP contribution is 2.28. The summed E-state index contributed by atoms with van der Waals surface area (Å²) in [5.41, 5.74) is 2.46. The second kappa shape index (κ2) is 5.71. The number of halogens is 2. The third kappa shape index (κ3) is 2.73. The Morgan fingerprint density at radius 2 is 2.05 bits per heavy atom. The van der Waals surface area contributed by atoms with Crippen molar-refractivity contribution in [2.75, 3.05) is 13.1 Å². The fourth-order valence-corrected chi connectivity index (χ4v) is 2.77. The SMILES string of the molecule is Fc1ccc(F)c(C2=CC(C3=CCCC=C3)CNC2)c1. The van der Waals surface area contributed by atoms with Gasteiger partial charge in [-0.05, 0) is 42.2 Å². The first-order valence-corrected chi connectivity index (χ1v) is 6.97. The van der Waals surface area contributed by atoms with Gasteiger partial charge in [0.25, 0.3) is 0 Å². The van der Waals surface area contributed by atoms with Gasteiger partial charge in [-0.2, -0.15) is 0 Å². The van der Waals surface area contributed by atoms with Crippen LogP contribution in [0.3, 0.4) is 0 Å². The number of rotatable bonds is 2. The highest BCUT2D eigenvalue weighted by molar-refractivity contribution is 5.69. The van der Waals surface area contributed by atoms with Crippen molar-refractivity contribution in [3.63, 3.8) is 0 Å². The van der Waals surface area contributed by atoms with Gasteiger partial charge in [-0.25, -0.2) is 8.78 Å². The highest BCUT2D eigenvalue weighted by atomic mass is 19.1. The molecular weight excluding hydrogens is 256 g/mol. The second-order valence-electron chi connectivity index (χ2n) is 5.24. The molecule has 104 valence electrons. The number of hydrogen-bond acceptors (Lipinski definition) is 1. The summed E-state index contributed by atoms with van der Waals surface area (Å²) in [6.45, 7) is 1.42. The summed E-state index contributed by atoms with van der Waals surface area (Å²) >= 11 is 0. The van der Waals surface area contributed by atoms with Crippen LogP contribution in [0.4, 0.5) is 8.78 Å². The van der Waals surface area contributed by atoms with Gasteiger partial charge in [0.2, 0.25) is 0 Å². The van der Waals surface area contributed by atoms with Gasteiger partial charge >= 0.3 is 0 Å². The standard InChI is InChI=1S/C17H17F2N/c18-15-6-7-17(19)16(9-15)14-8-13(10-20-11-14)12-4-2-1-3-5-12/h2,4-9,13,20H,1,3,10-11H2. The van der Waals surface area contributed by atoms with Crippen LogP contribution in [0.25, 0.3) is 5.57 Å². The molecule has 1 aliphatic carbocycles. The molecule has 1 N–H and O–H groups in total. The van der Waals surface area contributed by atoms with Crippen molar-refractivity contribution in [3.05, 3.63) is 65.3 Å². The summed E-state index contributed by atoms with van der Waals surface area (Å²) in [6, 6.07) is 3.62. The van der Waals surface area contributed by atoms with Crippen LogP contribution in [0.5, 0.6) is 0 Å². The van der Waals surface area contributed by atoms with E-state index in [-0.39, 0.29) is 11.7 Å². The van der Waals surface area contributed by atoms with E-state index in [0.29, 0.717) is 12.1 Å². The molecule has 0 aromatic heterocycles. The van der Waals surface area contributed by atoms with Crippen LogP contribution >= 0.6 is 0 Å². The molecular formula is C17H17F2N. The smallest absolute Gasteiger partial charge is 0.130 e. The van der Waals surface area contributed by atoms with Crippen molar-refractivity contribution in [1.82, 2.24) is 5.32 Å². The molecule has 20 heavy (non-hydrogen) atoms. The fourth-order valence-electron chi connectivity index (χ4n) is 2.77. The van der Waals surface area contributed by atoms with Crippen LogP contribution in [0.2, 0.25) is 0 Å². The van der Waals surface area contributed by atoms with Crippen LogP contribution in [-0.2, 0) is 0 Å². The van der Waals surface area contributed by atoms with E-state index in [9.17, 15) is 8.78 Å². The summed E-state index contributed by atoms with van der Waals surface area (Å²) in [4.78, 5) is 0. The molecule has 1 nitrogen and oxygen atoms in total. The molecule has 0 fully saturated rings. The van der Waals surface area contributed by atoms with Crippen LogP contribution in [0.1, 0.15) is 18.4 Å². The Bertz CT molecular complexity index is 599. The Morgan fingerprint density at radius 3 is 2.85 bits per heavy atom. The lowest BCUT2D eigenvalue weighted by Gasteiger charge is -2.25. The molecule has 3 rings (SSSR count). The molecule has 1 aromatic rings. The third-order valence-electron chi connectivity index (χ3n) is 3.81. The van der Waals surface area contributed by atoms with Crippen molar-refractivity contribution < 1.29 is 8.78 Å². The van der Waals surface area contributed by atoms with Crippen LogP contribution in [0, 0.1) is 17.6 Å². The molecule has 0 bridgehead atoms. The first-order chi connectivity index (χ1) is 9.74. The summed E-state index contributed by atoms with van der Waals surface area (Å²) in [6.07, 6.45) is 10.7. The molecule has 3 heteroatoms. The first-order valence-electron chi connectivity index (χ1n) is 6.97. The van der Waals surface area contributed by atoms with Crippen molar-refractivity contribution >= 4 is 5.57 Å². The van der Waals surface area contributed by atoms with Crippen molar-refractivity contribution in [1.29, 1.82) is 0 Å². The largest absolute Gasteiger partial charge is 0.312 e.